The summed E-state index contributed by atoms with van der Waals surface area (Å²) in [5, 5.41) is 11.2. The number of aromatic nitrogens is 2. The maximum atomic E-state index is 13.2. The van der Waals surface area contributed by atoms with Crippen molar-refractivity contribution < 1.29 is 24.2 Å². The van der Waals surface area contributed by atoms with Gasteiger partial charge >= 0.3 is 0 Å². The Bertz CT molecular complexity index is 1230. The van der Waals surface area contributed by atoms with Crippen molar-refractivity contribution in [1.82, 2.24) is 14.5 Å². The number of amides is 1. The minimum Gasteiger partial charge on any atom is -0.507 e. The Morgan fingerprint density at radius 2 is 1.86 bits per heavy atom. The van der Waals surface area contributed by atoms with Gasteiger partial charge in [-0.25, -0.2) is 4.98 Å². The van der Waals surface area contributed by atoms with E-state index in [1.807, 2.05) is 36.7 Å². The summed E-state index contributed by atoms with van der Waals surface area (Å²) in [7, 11) is 1.54. The van der Waals surface area contributed by atoms with Gasteiger partial charge in [-0.3, -0.25) is 9.59 Å². The largest absolute Gasteiger partial charge is 0.507 e. The number of aliphatic hydroxyl groups excluding tert-OH is 1. The van der Waals surface area contributed by atoms with Crippen LogP contribution in [0.4, 0.5) is 0 Å². The van der Waals surface area contributed by atoms with E-state index in [0.717, 1.165) is 5.56 Å². The first-order valence-electron chi connectivity index (χ1n) is 11.6. The molecular weight excluding hydrogens is 446 g/mol. The molecule has 1 aliphatic heterocycles. The van der Waals surface area contributed by atoms with Gasteiger partial charge in [0.15, 0.2) is 11.5 Å². The number of methoxy groups -OCH3 is 1. The molecular formula is C27H29N3O5. The lowest BCUT2D eigenvalue weighted by atomic mass is 9.94. The summed E-state index contributed by atoms with van der Waals surface area (Å²) < 4.78 is 13.1. The summed E-state index contributed by atoms with van der Waals surface area (Å²) in [4.78, 5) is 31.9. The minimum atomic E-state index is -0.760. The number of likely N-dealkylation sites (tertiary alicyclic amines) is 1. The van der Waals surface area contributed by atoms with E-state index >= 15 is 0 Å². The van der Waals surface area contributed by atoms with Crippen LogP contribution in [0.2, 0.25) is 0 Å². The van der Waals surface area contributed by atoms with Gasteiger partial charge in [-0.1, -0.05) is 35.9 Å². The molecule has 1 aliphatic rings. The van der Waals surface area contributed by atoms with Crippen molar-refractivity contribution in [2.45, 2.75) is 32.9 Å². The average Bonchev–Trinajstić information content (AvgIpc) is 3.47. The number of Topliss-reactive ketones (excluding diaryl/α,β-unsaturated/α-hetero) is 1. The summed E-state index contributed by atoms with van der Waals surface area (Å²) in [5.41, 5.74) is 2.22. The zero-order chi connectivity index (χ0) is 24.9. The highest BCUT2D eigenvalue weighted by molar-refractivity contribution is 6.46. The number of aliphatic hydroxyl groups is 1. The lowest BCUT2D eigenvalue weighted by Gasteiger charge is -2.26. The Hall–Kier alpha value is -4.07. The minimum absolute atomic E-state index is 0.0627. The van der Waals surface area contributed by atoms with Crippen molar-refractivity contribution in [2.24, 2.45) is 0 Å². The molecule has 0 bridgehead atoms. The first kappa shape index (κ1) is 24.1. The van der Waals surface area contributed by atoms with Crippen molar-refractivity contribution in [2.75, 3.05) is 20.3 Å². The van der Waals surface area contributed by atoms with E-state index in [2.05, 4.69) is 4.98 Å². The number of nitrogens with zero attached hydrogens (tertiary/aromatic N) is 3. The Morgan fingerprint density at radius 3 is 2.51 bits per heavy atom. The molecule has 3 aromatic rings. The number of benzene rings is 2. The Kier molecular flexibility index (Phi) is 7.19. The van der Waals surface area contributed by atoms with Gasteiger partial charge in [0, 0.05) is 31.0 Å². The molecule has 1 amide bonds. The van der Waals surface area contributed by atoms with E-state index in [4.69, 9.17) is 9.47 Å². The molecule has 1 N–H and O–H groups in total. The van der Waals surface area contributed by atoms with Gasteiger partial charge in [0.1, 0.15) is 5.76 Å². The third-order valence-electron chi connectivity index (χ3n) is 6.04. The predicted octanol–water partition coefficient (Wildman–Crippen LogP) is 4.11. The topological polar surface area (TPSA) is 93.9 Å². The van der Waals surface area contributed by atoms with Crippen LogP contribution in [0.15, 0.2) is 66.8 Å². The molecule has 8 heteroatoms. The maximum Gasteiger partial charge on any atom is 0.295 e. The van der Waals surface area contributed by atoms with E-state index in [1.54, 1.807) is 42.9 Å². The van der Waals surface area contributed by atoms with Crippen molar-refractivity contribution in [3.05, 3.63) is 83.4 Å². The molecule has 2 heterocycles. The van der Waals surface area contributed by atoms with Gasteiger partial charge in [0.05, 0.1) is 31.7 Å². The Balaban J connectivity index is 1.77. The van der Waals surface area contributed by atoms with Crippen LogP contribution in [0.3, 0.4) is 0 Å². The molecule has 0 aliphatic carbocycles. The zero-order valence-corrected chi connectivity index (χ0v) is 20.1. The van der Waals surface area contributed by atoms with Crippen LogP contribution in [0.25, 0.3) is 5.76 Å². The fourth-order valence-electron chi connectivity index (χ4n) is 4.30. The van der Waals surface area contributed by atoms with Crippen LogP contribution in [0.1, 0.15) is 36.1 Å². The standard InChI is InChI=1S/C27H29N3O5/c1-4-35-21-11-10-20(16-22(21)34-3)24-23(25(31)19-8-6-18(2)7-9-19)26(32)27(33)30(24)14-5-13-29-15-12-28-17-29/h6-12,15-17,24,31H,4-5,13-14H2,1-3H3/b25-23+/t24-/m0/s1. The SMILES string of the molecule is CCOc1ccc([C@H]2/C(=C(\O)c3ccc(C)cc3)C(=O)C(=O)N2CCCn2ccnc2)cc1OC. The van der Waals surface area contributed by atoms with Crippen LogP contribution in [0, 0.1) is 6.92 Å². The Morgan fingerprint density at radius 1 is 1.09 bits per heavy atom. The second-order valence-electron chi connectivity index (χ2n) is 8.36. The molecule has 35 heavy (non-hydrogen) atoms. The number of rotatable bonds is 9. The summed E-state index contributed by atoms with van der Waals surface area (Å²) in [5.74, 6) is -0.484. The van der Waals surface area contributed by atoms with E-state index in [1.165, 1.54) is 12.0 Å². The molecule has 8 nitrogen and oxygen atoms in total. The number of carbonyl (C=O) groups is 2. The van der Waals surface area contributed by atoms with Gasteiger partial charge in [-0.2, -0.15) is 0 Å². The van der Waals surface area contributed by atoms with Gasteiger partial charge in [0.2, 0.25) is 0 Å². The number of ketones is 1. The molecule has 1 fully saturated rings. The number of hydrogen-bond acceptors (Lipinski definition) is 6. The second-order valence-corrected chi connectivity index (χ2v) is 8.36. The summed E-state index contributed by atoms with van der Waals surface area (Å²) in [6.07, 6.45) is 5.86. The van der Waals surface area contributed by atoms with Crippen molar-refractivity contribution in [3.63, 3.8) is 0 Å². The van der Waals surface area contributed by atoms with Gasteiger partial charge in [-0.15, -0.1) is 0 Å². The normalized spacial score (nSPS) is 17.1. The Labute approximate surface area is 204 Å². The number of imidazole rings is 1. The lowest BCUT2D eigenvalue weighted by molar-refractivity contribution is -0.139. The van der Waals surface area contributed by atoms with Crippen LogP contribution >= 0.6 is 0 Å². The van der Waals surface area contributed by atoms with E-state index in [0.29, 0.717) is 48.7 Å². The van der Waals surface area contributed by atoms with Gasteiger partial charge in [-0.05, 0) is 38.0 Å². The van der Waals surface area contributed by atoms with Crippen LogP contribution in [-0.4, -0.2) is 51.5 Å². The number of ether oxygens (including phenoxy) is 2. The molecule has 1 saturated heterocycles. The fraction of sp³-hybridized carbons (Fsp3) is 0.296. The highest BCUT2D eigenvalue weighted by Gasteiger charge is 2.46. The van der Waals surface area contributed by atoms with Crippen molar-refractivity contribution in [3.8, 4) is 11.5 Å². The molecule has 0 spiro atoms. The van der Waals surface area contributed by atoms with Crippen LogP contribution in [-0.2, 0) is 16.1 Å². The van der Waals surface area contributed by atoms with E-state index < -0.39 is 17.7 Å². The number of carbonyl (C=O) groups excluding carboxylic acids is 2. The van der Waals surface area contributed by atoms with Gasteiger partial charge < -0.3 is 24.0 Å². The molecule has 1 aromatic heterocycles. The van der Waals surface area contributed by atoms with Crippen LogP contribution < -0.4 is 9.47 Å². The lowest BCUT2D eigenvalue weighted by Crippen LogP contribution is -2.31. The van der Waals surface area contributed by atoms with Crippen molar-refractivity contribution >= 4 is 17.4 Å². The predicted molar refractivity (Wildman–Crippen MR) is 131 cm³/mol. The second kappa shape index (κ2) is 10.5. The summed E-state index contributed by atoms with van der Waals surface area (Å²) in [6.45, 7) is 5.25. The third kappa shape index (κ3) is 4.91. The fourth-order valence-corrected chi connectivity index (χ4v) is 4.30. The molecule has 2 aromatic carbocycles. The van der Waals surface area contributed by atoms with Crippen LogP contribution in [0.5, 0.6) is 11.5 Å². The smallest absolute Gasteiger partial charge is 0.295 e. The molecule has 0 unspecified atom stereocenters. The molecule has 0 saturated carbocycles. The zero-order valence-electron chi connectivity index (χ0n) is 20.1. The average molecular weight is 476 g/mol. The molecule has 4 rings (SSSR count). The van der Waals surface area contributed by atoms with Gasteiger partial charge in [0.25, 0.3) is 11.7 Å². The number of aryl methyl sites for hydroxylation is 2. The van der Waals surface area contributed by atoms with Crippen molar-refractivity contribution in [1.29, 1.82) is 0 Å². The first-order chi connectivity index (χ1) is 16.9. The highest BCUT2D eigenvalue weighted by atomic mass is 16.5. The summed E-state index contributed by atoms with van der Waals surface area (Å²) in [6, 6.07) is 11.7. The number of hydrogen-bond donors (Lipinski definition) is 1. The van der Waals surface area contributed by atoms with E-state index in [9.17, 15) is 14.7 Å². The monoisotopic (exact) mass is 475 g/mol. The highest BCUT2D eigenvalue weighted by Crippen LogP contribution is 2.42. The quantitative estimate of drug-likeness (QED) is 0.284. The molecule has 182 valence electrons. The first-order valence-corrected chi connectivity index (χ1v) is 11.6. The summed E-state index contributed by atoms with van der Waals surface area (Å²) >= 11 is 0. The molecule has 0 radical (unpaired) electrons. The van der Waals surface area contributed by atoms with E-state index in [-0.39, 0.29) is 11.3 Å². The maximum absolute atomic E-state index is 13.2. The molecule has 1 atom stereocenters. The third-order valence-corrected chi connectivity index (χ3v) is 6.04.